The van der Waals surface area contributed by atoms with Crippen LogP contribution < -0.4 is 10.0 Å². The van der Waals surface area contributed by atoms with Crippen LogP contribution in [0.15, 0.2) is 59.5 Å². The summed E-state index contributed by atoms with van der Waals surface area (Å²) in [6.07, 6.45) is 0. The van der Waals surface area contributed by atoms with Crippen LogP contribution in [0.4, 0.5) is 11.4 Å². The van der Waals surface area contributed by atoms with Crippen molar-refractivity contribution in [1.29, 1.82) is 0 Å². The highest BCUT2D eigenvalue weighted by molar-refractivity contribution is 7.86. The molecule has 1 unspecified atom stereocenters. The van der Waals surface area contributed by atoms with Crippen molar-refractivity contribution >= 4 is 22.4 Å². The Labute approximate surface area is 110 Å². The summed E-state index contributed by atoms with van der Waals surface area (Å²) < 4.78 is 14.3. The number of benzene rings is 2. The molecule has 94 valence electrons. The van der Waals surface area contributed by atoms with E-state index in [-0.39, 0.29) is 0 Å². The number of hydrogen-bond acceptors (Lipinski definition) is 2. The standard InChI is InChI=1S/C14H16N2OS/c1-2-16(13-6-4-3-5-7-13)18(17)14-10-8-12(15)9-11-14/h3-11H,2,15H2,1H3. The Morgan fingerprint density at radius 2 is 1.67 bits per heavy atom. The van der Waals surface area contributed by atoms with Crippen LogP contribution in [0.5, 0.6) is 0 Å². The fourth-order valence-electron chi connectivity index (χ4n) is 1.70. The normalized spacial score (nSPS) is 12.1. The predicted molar refractivity (Wildman–Crippen MR) is 76.7 cm³/mol. The molecular weight excluding hydrogens is 244 g/mol. The maximum Gasteiger partial charge on any atom is 0.152 e. The van der Waals surface area contributed by atoms with Gasteiger partial charge in [-0.3, -0.25) is 4.31 Å². The second-order valence-electron chi connectivity index (χ2n) is 3.85. The molecule has 0 heterocycles. The molecule has 0 amide bonds. The largest absolute Gasteiger partial charge is 0.399 e. The van der Waals surface area contributed by atoms with Crippen LogP contribution >= 0.6 is 0 Å². The Kier molecular flexibility index (Phi) is 3.99. The summed E-state index contributed by atoms with van der Waals surface area (Å²) in [7, 11) is -1.20. The number of nitrogens with two attached hydrogens (primary N) is 1. The van der Waals surface area contributed by atoms with Gasteiger partial charge in [-0.05, 0) is 43.3 Å². The van der Waals surface area contributed by atoms with Crippen LogP contribution in [0.3, 0.4) is 0 Å². The van der Waals surface area contributed by atoms with Gasteiger partial charge in [0.05, 0.1) is 4.90 Å². The van der Waals surface area contributed by atoms with Crippen molar-refractivity contribution in [3.8, 4) is 0 Å². The summed E-state index contributed by atoms with van der Waals surface area (Å²) in [4.78, 5) is 0.759. The van der Waals surface area contributed by atoms with E-state index >= 15 is 0 Å². The molecule has 2 N–H and O–H groups in total. The molecule has 0 saturated carbocycles. The van der Waals surface area contributed by atoms with E-state index in [1.807, 2.05) is 41.6 Å². The molecule has 18 heavy (non-hydrogen) atoms. The molecular formula is C14H16N2OS. The van der Waals surface area contributed by atoms with E-state index in [0.717, 1.165) is 10.6 Å². The molecule has 0 fully saturated rings. The smallest absolute Gasteiger partial charge is 0.152 e. The first-order valence-corrected chi connectivity index (χ1v) is 6.93. The van der Waals surface area contributed by atoms with Crippen molar-refractivity contribution in [2.45, 2.75) is 11.8 Å². The third kappa shape index (κ3) is 2.71. The topological polar surface area (TPSA) is 46.3 Å². The second-order valence-corrected chi connectivity index (χ2v) is 5.26. The SMILES string of the molecule is CCN(c1ccccc1)S(=O)c1ccc(N)cc1. The average Bonchev–Trinajstić information content (AvgIpc) is 2.41. The van der Waals surface area contributed by atoms with Gasteiger partial charge >= 0.3 is 0 Å². The lowest BCUT2D eigenvalue weighted by Gasteiger charge is -2.21. The molecule has 0 aromatic heterocycles. The van der Waals surface area contributed by atoms with Gasteiger partial charge in [-0.2, -0.15) is 0 Å². The zero-order valence-corrected chi connectivity index (χ0v) is 11.1. The summed E-state index contributed by atoms with van der Waals surface area (Å²) in [5, 5.41) is 0. The summed E-state index contributed by atoms with van der Waals surface area (Å²) in [6.45, 7) is 2.67. The maximum atomic E-state index is 12.5. The van der Waals surface area contributed by atoms with Crippen molar-refractivity contribution in [2.75, 3.05) is 16.6 Å². The van der Waals surface area contributed by atoms with Gasteiger partial charge in [0.25, 0.3) is 0 Å². The van der Waals surface area contributed by atoms with E-state index in [0.29, 0.717) is 12.2 Å². The fourth-order valence-corrected chi connectivity index (χ4v) is 2.87. The first-order chi connectivity index (χ1) is 8.72. The Morgan fingerprint density at radius 3 is 2.22 bits per heavy atom. The highest BCUT2D eigenvalue weighted by Crippen LogP contribution is 2.20. The van der Waals surface area contributed by atoms with Crippen molar-refractivity contribution in [3.05, 3.63) is 54.6 Å². The third-order valence-electron chi connectivity index (χ3n) is 2.61. The lowest BCUT2D eigenvalue weighted by atomic mass is 10.3. The van der Waals surface area contributed by atoms with E-state index in [2.05, 4.69) is 0 Å². The Hall–Kier alpha value is -1.81. The number of nitrogens with zero attached hydrogens (tertiary/aromatic N) is 1. The molecule has 0 aliphatic heterocycles. The van der Waals surface area contributed by atoms with Gasteiger partial charge in [0, 0.05) is 17.9 Å². The summed E-state index contributed by atoms with van der Waals surface area (Å²) >= 11 is 0. The molecule has 2 aromatic carbocycles. The predicted octanol–water partition coefficient (Wildman–Crippen LogP) is 2.82. The first-order valence-electron chi connectivity index (χ1n) is 5.82. The minimum Gasteiger partial charge on any atom is -0.399 e. The highest BCUT2D eigenvalue weighted by atomic mass is 32.2. The molecule has 2 aromatic rings. The second kappa shape index (κ2) is 5.69. The van der Waals surface area contributed by atoms with Crippen LogP contribution in [0.25, 0.3) is 0 Å². The molecule has 0 bridgehead atoms. The molecule has 0 spiro atoms. The molecule has 1 atom stereocenters. The highest BCUT2D eigenvalue weighted by Gasteiger charge is 2.13. The van der Waals surface area contributed by atoms with Crippen molar-refractivity contribution in [3.63, 3.8) is 0 Å². The van der Waals surface area contributed by atoms with Gasteiger partial charge in [-0.25, -0.2) is 4.21 Å². The molecule has 0 saturated heterocycles. The fraction of sp³-hybridized carbons (Fsp3) is 0.143. The first kappa shape index (κ1) is 12.6. The van der Waals surface area contributed by atoms with Gasteiger partial charge in [-0.15, -0.1) is 0 Å². The van der Waals surface area contributed by atoms with Gasteiger partial charge in [0.2, 0.25) is 0 Å². The molecule has 0 aliphatic carbocycles. The molecule has 4 heteroatoms. The van der Waals surface area contributed by atoms with Crippen LogP contribution in [0.1, 0.15) is 6.92 Å². The van der Waals surface area contributed by atoms with Crippen LogP contribution in [0.2, 0.25) is 0 Å². The Morgan fingerprint density at radius 1 is 1.06 bits per heavy atom. The molecule has 0 aliphatic rings. The number of nitrogen functional groups attached to an aromatic ring is 1. The number of anilines is 2. The number of para-hydroxylation sites is 1. The molecule has 0 radical (unpaired) electrons. The van der Waals surface area contributed by atoms with Crippen molar-refractivity contribution < 1.29 is 4.21 Å². The van der Waals surface area contributed by atoms with Crippen LogP contribution in [-0.2, 0) is 11.0 Å². The molecule has 3 nitrogen and oxygen atoms in total. The lowest BCUT2D eigenvalue weighted by molar-refractivity contribution is 0.680. The summed E-state index contributed by atoms with van der Waals surface area (Å²) in [5.74, 6) is 0. The van der Waals surface area contributed by atoms with Crippen molar-refractivity contribution in [2.24, 2.45) is 0 Å². The maximum absolute atomic E-state index is 12.5. The van der Waals surface area contributed by atoms with Crippen LogP contribution in [0, 0.1) is 0 Å². The van der Waals surface area contributed by atoms with E-state index < -0.39 is 11.0 Å². The van der Waals surface area contributed by atoms with E-state index in [9.17, 15) is 4.21 Å². The Bertz CT molecular complexity index is 525. The average molecular weight is 260 g/mol. The van der Waals surface area contributed by atoms with E-state index in [1.54, 1.807) is 24.3 Å². The monoisotopic (exact) mass is 260 g/mol. The lowest BCUT2D eigenvalue weighted by Crippen LogP contribution is -2.25. The van der Waals surface area contributed by atoms with Gasteiger partial charge in [0.15, 0.2) is 11.0 Å². The van der Waals surface area contributed by atoms with Gasteiger partial charge in [0.1, 0.15) is 0 Å². The quantitative estimate of drug-likeness (QED) is 0.859. The Balaban J connectivity index is 2.28. The zero-order chi connectivity index (χ0) is 13.0. The third-order valence-corrected chi connectivity index (χ3v) is 4.16. The van der Waals surface area contributed by atoms with Gasteiger partial charge in [-0.1, -0.05) is 18.2 Å². The zero-order valence-electron chi connectivity index (χ0n) is 10.2. The van der Waals surface area contributed by atoms with Crippen molar-refractivity contribution in [1.82, 2.24) is 0 Å². The minimum absolute atomic E-state index is 0.679. The summed E-state index contributed by atoms with van der Waals surface area (Å²) in [5.41, 5.74) is 7.27. The van der Waals surface area contributed by atoms with E-state index in [1.165, 1.54) is 0 Å². The summed E-state index contributed by atoms with van der Waals surface area (Å²) in [6, 6.07) is 16.9. The number of hydrogen-bond donors (Lipinski definition) is 1. The number of rotatable bonds is 4. The molecule has 2 rings (SSSR count). The minimum atomic E-state index is -1.20. The van der Waals surface area contributed by atoms with Crippen LogP contribution in [-0.4, -0.2) is 10.8 Å². The van der Waals surface area contributed by atoms with E-state index in [4.69, 9.17) is 5.73 Å². The van der Waals surface area contributed by atoms with Gasteiger partial charge < -0.3 is 5.73 Å².